The van der Waals surface area contributed by atoms with Gasteiger partial charge in [-0.3, -0.25) is 4.79 Å². The molecule has 114 valence electrons. The summed E-state index contributed by atoms with van der Waals surface area (Å²) in [5, 5.41) is 9.37. The fourth-order valence-corrected chi connectivity index (χ4v) is 2.42. The number of hydrogen-bond acceptors (Lipinski definition) is 3. The summed E-state index contributed by atoms with van der Waals surface area (Å²) in [6.45, 7) is 4.14. The molecule has 2 atom stereocenters. The lowest BCUT2D eigenvalue weighted by Gasteiger charge is -2.34. The van der Waals surface area contributed by atoms with Crippen LogP contribution in [0, 0.1) is 0 Å². The normalized spacial score (nSPS) is 19.0. The second-order valence-electron chi connectivity index (χ2n) is 5.38. The van der Waals surface area contributed by atoms with E-state index in [-0.39, 0.29) is 18.6 Å². The summed E-state index contributed by atoms with van der Waals surface area (Å²) in [5.41, 5.74) is 2.00. The van der Waals surface area contributed by atoms with Crippen molar-refractivity contribution in [2.24, 2.45) is 0 Å². The molecule has 2 unspecified atom stereocenters. The highest BCUT2D eigenvalue weighted by Gasteiger charge is 2.34. The molecule has 0 bridgehead atoms. The van der Waals surface area contributed by atoms with E-state index in [4.69, 9.17) is 4.74 Å². The van der Waals surface area contributed by atoms with Crippen molar-refractivity contribution in [3.8, 4) is 0 Å². The molecule has 0 aliphatic carbocycles. The van der Waals surface area contributed by atoms with Crippen molar-refractivity contribution in [1.29, 1.82) is 0 Å². The number of carbonyl (C=O) groups excluding carboxylic acids is 1. The molecule has 0 saturated carbocycles. The minimum atomic E-state index is -0.971. The molecule has 1 heterocycles. The average molecular weight is 291 g/mol. The molecule has 1 aliphatic rings. The van der Waals surface area contributed by atoms with Crippen LogP contribution in [0.5, 0.6) is 0 Å². The van der Waals surface area contributed by atoms with Gasteiger partial charge in [0.15, 0.2) is 0 Å². The summed E-state index contributed by atoms with van der Waals surface area (Å²) in [5.74, 6) is -1.24. The molecule has 1 aromatic carbocycles. The maximum Gasteiger partial charge on any atom is 0.326 e. The Kier molecular flexibility index (Phi) is 4.96. The zero-order chi connectivity index (χ0) is 15.4. The van der Waals surface area contributed by atoms with E-state index in [1.807, 2.05) is 38.1 Å². The zero-order valence-corrected chi connectivity index (χ0v) is 12.4. The van der Waals surface area contributed by atoms with Crippen molar-refractivity contribution in [2.45, 2.75) is 45.4 Å². The van der Waals surface area contributed by atoms with Crippen molar-refractivity contribution < 1.29 is 19.4 Å². The van der Waals surface area contributed by atoms with Crippen LogP contribution in [-0.4, -0.2) is 40.6 Å². The van der Waals surface area contributed by atoms with Gasteiger partial charge < -0.3 is 14.7 Å². The fourth-order valence-electron chi connectivity index (χ4n) is 2.42. The molecule has 1 N–H and O–H groups in total. The molecule has 5 heteroatoms. The first kappa shape index (κ1) is 15.5. The van der Waals surface area contributed by atoms with Crippen LogP contribution in [0.25, 0.3) is 0 Å². The van der Waals surface area contributed by atoms with Gasteiger partial charge in [-0.25, -0.2) is 4.79 Å². The van der Waals surface area contributed by atoms with Gasteiger partial charge in [0.2, 0.25) is 5.91 Å². The maximum absolute atomic E-state index is 12.3. The largest absolute Gasteiger partial charge is 0.480 e. The van der Waals surface area contributed by atoms with Crippen LogP contribution in [0.4, 0.5) is 0 Å². The quantitative estimate of drug-likeness (QED) is 0.899. The first-order valence-corrected chi connectivity index (χ1v) is 7.23. The molecule has 1 aromatic rings. The highest BCUT2D eigenvalue weighted by molar-refractivity contribution is 5.85. The molecule has 0 saturated heterocycles. The minimum absolute atomic E-state index is 0.00527. The summed E-state index contributed by atoms with van der Waals surface area (Å²) in [4.78, 5) is 25.1. The number of carboxylic acid groups (broad SMARTS) is 1. The summed E-state index contributed by atoms with van der Waals surface area (Å²) >= 11 is 0. The summed E-state index contributed by atoms with van der Waals surface area (Å²) in [7, 11) is 0. The number of fused-ring (bicyclic) bond motifs is 1. The smallest absolute Gasteiger partial charge is 0.326 e. The molecular formula is C16H21NO4. The van der Waals surface area contributed by atoms with E-state index in [2.05, 4.69) is 0 Å². The average Bonchev–Trinajstić information content (AvgIpc) is 2.50. The Morgan fingerprint density at radius 1 is 1.38 bits per heavy atom. The Hall–Kier alpha value is -1.88. The van der Waals surface area contributed by atoms with E-state index >= 15 is 0 Å². The standard InChI is InChI=1S/C16H21NO4/c1-3-11(2)21-10-15(18)17-9-13-7-5-4-6-12(13)8-14(17)16(19)20/h4-7,11,14H,3,8-10H2,1-2H3,(H,19,20). The van der Waals surface area contributed by atoms with Crippen LogP contribution in [0.2, 0.25) is 0 Å². The number of aliphatic carboxylic acids is 1. The lowest BCUT2D eigenvalue weighted by molar-refractivity contribution is -0.154. The first-order valence-electron chi connectivity index (χ1n) is 7.23. The molecule has 0 fully saturated rings. The van der Waals surface area contributed by atoms with Gasteiger partial charge in [0, 0.05) is 13.0 Å². The Bertz CT molecular complexity index is 529. The molecule has 5 nitrogen and oxygen atoms in total. The second kappa shape index (κ2) is 6.72. The lowest BCUT2D eigenvalue weighted by atomic mass is 9.94. The van der Waals surface area contributed by atoms with E-state index in [9.17, 15) is 14.7 Å². The molecule has 0 spiro atoms. The van der Waals surface area contributed by atoms with E-state index in [1.54, 1.807) is 0 Å². The van der Waals surface area contributed by atoms with Crippen LogP contribution < -0.4 is 0 Å². The van der Waals surface area contributed by atoms with Gasteiger partial charge >= 0.3 is 5.97 Å². The predicted molar refractivity (Wildman–Crippen MR) is 77.8 cm³/mol. The number of nitrogens with zero attached hydrogens (tertiary/aromatic N) is 1. The number of hydrogen-bond donors (Lipinski definition) is 1. The van der Waals surface area contributed by atoms with Gasteiger partial charge in [-0.1, -0.05) is 31.2 Å². The van der Waals surface area contributed by atoms with Crippen LogP contribution in [-0.2, 0) is 27.3 Å². The zero-order valence-electron chi connectivity index (χ0n) is 12.4. The third-order valence-electron chi connectivity index (χ3n) is 3.92. The number of ether oxygens (including phenoxy) is 1. The van der Waals surface area contributed by atoms with Crippen molar-refractivity contribution in [3.05, 3.63) is 35.4 Å². The van der Waals surface area contributed by atoms with Crippen molar-refractivity contribution in [3.63, 3.8) is 0 Å². The van der Waals surface area contributed by atoms with Crippen LogP contribution in [0.1, 0.15) is 31.4 Å². The monoisotopic (exact) mass is 291 g/mol. The number of amides is 1. The Morgan fingerprint density at radius 2 is 2.05 bits per heavy atom. The Morgan fingerprint density at radius 3 is 2.67 bits per heavy atom. The number of rotatable bonds is 5. The maximum atomic E-state index is 12.3. The van der Waals surface area contributed by atoms with Gasteiger partial charge in [-0.15, -0.1) is 0 Å². The van der Waals surface area contributed by atoms with Gasteiger partial charge in [-0.2, -0.15) is 0 Å². The molecule has 1 aliphatic heterocycles. The number of benzene rings is 1. The summed E-state index contributed by atoms with van der Waals surface area (Å²) < 4.78 is 5.44. The molecule has 21 heavy (non-hydrogen) atoms. The van der Waals surface area contributed by atoms with E-state index < -0.39 is 12.0 Å². The van der Waals surface area contributed by atoms with Gasteiger partial charge in [0.1, 0.15) is 12.6 Å². The summed E-state index contributed by atoms with van der Waals surface area (Å²) in [6, 6.07) is 6.83. The minimum Gasteiger partial charge on any atom is -0.480 e. The van der Waals surface area contributed by atoms with E-state index in [1.165, 1.54) is 4.90 Å². The highest BCUT2D eigenvalue weighted by Crippen LogP contribution is 2.23. The first-order chi connectivity index (χ1) is 10.0. The van der Waals surface area contributed by atoms with E-state index in [0.717, 1.165) is 17.5 Å². The third kappa shape index (κ3) is 3.61. The van der Waals surface area contributed by atoms with Crippen molar-refractivity contribution in [2.75, 3.05) is 6.61 Å². The topological polar surface area (TPSA) is 66.8 Å². The Labute approximate surface area is 124 Å². The molecular weight excluding hydrogens is 270 g/mol. The number of carbonyl (C=O) groups is 2. The van der Waals surface area contributed by atoms with Crippen molar-refractivity contribution in [1.82, 2.24) is 4.90 Å². The lowest BCUT2D eigenvalue weighted by Crippen LogP contribution is -2.50. The molecule has 0 aromatic heterocycles. The molecule has 1 amide bonds. The van der Waals surface area contributed by atoms with Crippen LogP contribution >= 0.6 is 0 Å². The molecule has 0 radical (unpaired) electrons. The fraction of sp³-hybridized carbons (Fsp3) is 0.500. The third-order valence-corrected chi connectivity index (χ3v) is 3.92. The predicted octanol–water partition coefficient (Wildman–Crippen LogP) is 1.84. The van der Waals surface area contributed by atoms with Gasteiger partial charge in [0.25, 0.3) is 0 Å². The van der Waals surface area contributed by atoms with Gasteiger partial charge in [0.05, 0.1) is 6.10 Å². The van der Waals surface area contributed by atoms with Crippen LogP contribution in [0.3, 0.4) is 0 Å². The Balaban J connectivity index is 2.13. The summed E-state index contributed by atoms with van der Waals surface area (Å²) in [6.07, 6.45) is 1.16. The van der Waals surface area contributed by atoms with E-state index in [0.29, 0.717) is 13.0 Å². The van der Waals surface area contributed by atoms with Gasteiger partial charge in [-0.05, 0) is 24.5 Å². The second-order valence-corrected chi connectivity index (χ2v) is 5.38. The number of carboxylic acids is 1. The highest BCUT2D eigenvalue weighted by atomic mass is 16.5. The van der Waals surface area contributed by atoms with Crippen LogP contribution in [0.15, 0.2) is 24.3 Å². The SMILES string of the molecule is CCC(C)OCC(=O)N1Cc2ccccc2CC1C(=O)O. The molecule has 2 rings (SSSR count). The van der Waals surface area contributed by atoms with Crippen molar-refractivity contribution >= 4 is 11.9 Å².